The van der Waals surface area contributed by atoms with Crippen LogP contribution in [0.1, 0.15) is 18.5 Å². The average Bonchev–Trinajstić information content (AvgIpc) is 3.37. The lowest BCUT2D eigenvalue weighted by Crippen LogP contribution is -2.36. The van der Waals surface area contributed by atoms with E-state index in [2.05, 4.69) is 0 Å². The first-order valence-corrected chi connectivity index (χ1v) is 9.24. The molecule has 1 aliphatic heterocycles. The molecule has 1 heterocycles. The van der Waals surface area contributed by atoms with Crippen LogP contribution in [0.2, 0.25) is 5.02 Å². The maximum absolute atomic E-state index is 13.0. The molecule has 0 spiro atoms. The number of benzene rings is 2. The van der Waals surface area contributed by atoms with Crippen LogP contribution in [0.4, 0.5) is 0 Å². The Labute approximate surface area is 141 Å². The van der Waals surface area contributed by atoms with Gasteiger partial charge in [0, 0.05) is 17.6 Å². The van der Waals surface area contributed by atoms with Crippen LogP contribution in [-0.2, 0) is 14.8 Å². The topological polar surface area (TPSA) is 49.9 Å². The highest BCUT2D eigenvalue weighted by atomic mass is 35.5. The number of sulfonamides is 1. The fourth-order valence-corrected chi connectivity index (χ4v) is 4.27. The molecule has 3 rings (SSSR count). The van der Waals surface area contributed by atoms with E-state index in [1.165, 1.54) is 4.31 Å². The summed E-state index contributed by atoms with van der Waals surface area (Å²) < 4.78 is 32.8. The molecule has 1 aliphatic rings. The van der Waals surface area contributed by atoms with Gasteiger partial charge in [-0.3, -0.25) is 0 Å². The summed E-state index contributed by atoms with van der Waals surface area (Å²) in [6.07, 6.45) is -0.0248. The second-order valence-corrected chi connectivity index (χ2v) is 7.90. The van der Waals surface area contributed by atoms with E-state index < -0.39 is 10.0 Å². The van der Waals surface area contributed by atoms with Crippen LogP contribution in [-0.4, -0.2) is 32.0 Å². The highest BCUT2D eigenvalue weighted by molar-refractivity contribution is 7.89. The number of halogens is 1. The van der Waals surface area contributed by atoms with Gasteiger partial charge < -0.3 is 4.74 Å². The fourth-order valence-electron chi connectivity index (χ4n) is 2.47. The van der Waals surface area contributed by atoms with Crippen LogP contribution in [0.3, 0.4) is 0 Å². The Kier molecular flexibility index (Phi) is 4.73. The first-order valence-electron chi connectivity index (χ1n) is 7.42. The van der Waals surface area contributed by atoms with E-state index in [4.69, 9.17) is 16.3 Å². The molecule has 4 nitrogen and oxygen atoms in total. The Balaban J connectivity index is 1.95. The molecule has 2 unspecified atom stereocenters. The molecule has 2 atom stereocenters. The molecule has 2 aromatic rings. The van der Waals surface area contributed by atoms with E-state index in [9.17, 15) is 8.42 Å². The summed E-state index contributed by atoms with van der Waals surface area (Å²) in [7, 11) is -3.59. The van der Waals surface area contributed by atoms with Gasteiger partial charge in [-0.1, -0.05) is 41.9 Å². The summed E-state index contributed by atoms with van der Waals surface area (Å²) >= 11 is 5.92. The normalized spacial score (nSPS) is 18.8. The Morgan fingerprint density at radius 3 is 2.35 bits per heavy atom. The lowest BCUT2D eigenvalue weighted by Gasteiger charge is -2.28. The third-order valence-corrected chi connectivity index (χ3v) is 6.12. The largest absolute Gasteiger partial charge is 0.372 e. The molecule has 0 radical (unpaired) electrons. The first-order chi connectivity index (χ1) is 11.0. The van der Waals surface area contributed by atoms with E-state index in [0.29, 0.717) is 23.1 Å². The number of ether oxygens (including phenoxy) is 1. The van der Waals surface area contributed by atoms with Crippen LogP contribution in [0.5, 0.6) is 0 Å². The third-order valence-electron chi connectivity index (χ3n) is 3.92. The third kappa shape index (κ3) is 3.75. The van der Waals surface area contributed by atoms with Crippen LogP contribution >= 0.6 is 11.6 Å². The predicted octanol–water partition coefficient (Wildman–Crippen LogP) is 3.49. The number of hydrogen-bond acceptors (Lipinski definition) is 3. The van der Waals surface area contributed by atoms with Gasteiger partial charge in [0.1, 0.15) is 0 Å². The number of hydrogen-bond donors (Lipinski definition) is 0. The molecule has 0 aliphatic carbocycles. The van der Waals surface area contributed by atoms with Gasteiger partial charge in [0.05, 0.1) is 17.6 Å². The van der Waals surface area contributed by atoms with Crippen molar-refractivity contribution in [3.8, 4) is 0 Å². The van der Waals surface area contributed by atoms with Gasteiger partial charge in [-0.2, -0.15) is 4.31 Å². The molecular formula is C17H18ClNO3S. The molecule has 6 heteroatoms. The SMILES string of the molecule is CC(c1ccc(Cl)cc1)N(CC1CO1)S(=O)(=O)c1ccccc1. The van der Waals surface area contributed by atoms with Crippen molar-refractivity contribution in [2.24, 2.45) is 0 Å². The Morgan fingerprint density at radius 1 is 1.17 bits per heavy atom. The summed E-state index contributed by atoms with van der Waals surface area (Å²) in [4.78, 5) is 0.293. The monoisotopic (exact) mass is 351 g/mol. The zero-order valence-electron chi connectivity index (χ0n) is 12.7. The van der Waals surface area contributed by atoms with Gasteiger partial charge in [0.25, 0.3) is 0 Å². The van der Waals surface area contributed by atoms with Crippen molar-refractivity contribution in [1.29, 1.82) is 0 Å². The molecule has 122 valence electrons. The number of rotatable bonds is 6. The molecule has 0 aromatic heterocycles. The molecule has 2 aromatic carbocycles. The zero-order valence-corrected chi connectivity index (χ0v) is 14.3. The first kappa shape index (κ1) is 16.5. The van der Waals surface area contributed by atoms with Crippen molar-refractivity contribution < 1.29 is 13.2 Å². The minimum absolute atomic E-state index is 0.0248. The van der Waals surface area contributed by atoms with E-state index in [0.717, 1.165) is 5.56 Å². The molecule has 0 N–H and O–H groups in total. The predicted molar refractivity (Wildman–Crippen MR) is 89.9 cm³/mol. The molecule has 0 amide bonds. The van der Waals surface area contributed by atoms with Crippen LogP contribution in [0.15, 0.2) is 59.5 Å². The summed E-state index contributed by atoms with van der Waals surface area (Å²) in [6, 6.07) is 15.4. The number of epoxide rings is 1. The van der Waals surface area contributed by atoms with E-state index >= 15 is 0 Å². The smallest absolute Gasteiger partial charge is 0.243 e. The Bertz CT molecular complexity index is 758. The second-order valence-electron chi connectivity index (χ2n) is 5.57. The van der Waals surface area contributed by atoms with Crippen molar-refractivity contribution in [1.82, 2.24) is 4.31 Å². The molecule has 23 heavy (non-hydrogen) atoms. The maximum Gasteiger partial charge on any atom is 0.243 e. The average molecular weight is 352 g/mol. The minimum atomic E-state index is -3.59. The second kappa shape index (κ2) is 6.61. The molecule has 0 bridgehead atoms. The summed E-state index contributed by atoms with van der Waals surface area (Å²) in [5, 5.41) is 0.629. The van der Waals surface area contributed by atoms with Crippen LogP contribution < -0.4 is 0 Å². The van der Waals surface area contributed by atoms with Crippen molar-refractivity contribution in [3.05, 3.63) is 65.2 Å². The molecular weight excluding hydrogens is 334 g/mol. The quantitative estimate of drug-likeness (QED) is 0.748. The summed E-state index contributed by atoms with van der Waals surface area (Å²) in [5.74, 6) is 0. The Hall–Kier alpha value is -1.40. The van der Waals surface area contributed by atoms with Gasteiger partial charge in [-0.05, 0) is 36.8 Å². The van der Waals surface area contributed by atoms with E-state index in [1.807, 2.05) is 19.1 Å². The summed E-state index contributed by atoms with van der Waals surface area (Å²) in [5.41, 5.74) is 0.898. The van der Waals surface area contributed by atoms with Gasteiger partial charge in [-0.25, -0.2) is 8.42 Å². The Morgan fingerprint density at radius 2 is 1.78 bits per heavy atom. The van der Waals surface area contributed by atoms with Crippen molar-refractivity contribution in [3.63, 3.8) is 0 Å². The van der Waals surface area contributed by atoms with Crippen LogP contribution in [0.25, 0.3) is 0 Å². The van der Waals surface area contributed by atoms with Crippen molar-refractivity contribution in [2.45, 2.75) is 24.0 Å². The molecule has 1 fully saturated rings. The van der Waals surface area contributed by atoms with Crippen molar-refractivity contribution in [2.75, 3.05) is 13.2 Å². The number of nitrogens with zero attached hydrogens (tertiary/aromatic N) is 1. The van der Waals surface area contributed by atoms with Crippen LogP contribution in [0, 0.1) is 0 Å². The zero-order chi connectivity index (χ0) is 16.4. The molecule has 1 saturated heterocycles. The van der Waals surface area contributed by atoms with E-state index in [1.54, 1.807) is 42.5 Å². The standard InChI is InChI=1S/C17H18ClNO3S/c1-13(14-7-9-15(18)10-8-14)19(11-16-12-22-16)23(20,21)17-5-3-2-4-6-17/h2-10,13,16H,11-12H2,1H3. The van der Waals surface area contributed by atoms with Gasteiger partial charge in [-0.15, -0.1) is 0 Å². The highest BCUT2D eigenvalue weighted by Gasteiger charge is 2.36. The minimum Gasteiger partial charge on any atom is -0.372 e. The van der Waals surface area contributed by atoms with Gasteiger partial charge >= 0.3 is 0 Å². The fraction of sp³-hybridized carbons (Fsp3) is 0.294. The van der Waals surface area contributed by atoms with Gasteiger partial charge in [0.15, 0.2) is 0 Å². The summed E-state index contributed by atoms with van der Waals surface area (Å²) in [6.45, 7) is 2.83. The van der Waals surface area contributed by atoms with E-state index in [-0.39, 0.29) is 12.1 Å². The lowest BCUT2D eigenvalue weighted by molar-refractivity contribution is 0.295. The van der Waals surface area contributed by atoms with Crippen molar-refractivity contribution >= 4 is 21.6 Å². The highest BCUT2D eigenvalue weighted by Crippen LogP contribution is 2.30. The van der Waals surface area contributed by atoms with Gasteiger partial charge in [0.2, 0.25) is 10.0 Å². The maximum atomic E-state index is 13.0. The molecule has 0 saturated carbocycles. The lowest BCUT2D eigenvalue weighted by atomic mass is 10.1.